The highest BCUT2D eigenvalue weighted by atomic mass is 32.2. The molecular formula is C14H12O6S. The van der Waals surface area contributed by atoms with E-state index >= 15 is 0 Å². The molecular weight excluding hydrogens is 296 g/mol. The molecule has 2 aromatic carbocycles. The van der Waals surface area contributed by atoms with Crippen LogP contribution < -0.4 is 0 Å². The third-order valence-electron chi connectivity index (χ3n) is 2.69. The van der Waals surface area contributed by atoms with Gasteiger partial charge in [-0.15, -0.1) is 4.33 Å². The predicted octanol–water partition coefficient (Wildman–Crippen LogP) is 1.89. The number of carbonyl (C=O) groups is 1. The molecule has 2 rings (SSSR count). The van der Waals surface area contributed by atoms with E-state index < -0.39 is 15.9 Å². The fourth-order valence-electron chi connectivity index (χ4n) is 1.73. The summed E-state index contributed by atoms with van der Waals surface area (Å²) in [4.78, 5) is 16.1. The number of phenols is 1. The Bertz CT molecular complexity index is 752. The smallest absolute Gasteiger partial charge is 0.323 e. The summed E-state index contributed by atoms with van der Waals surface area (Å²) in [6.07, 6.45) is 0. The summed E-state index contributed by atoms with van der Waals surface area (Å²) in [5, 5.41) is 9.77. The normalized spacial score (nSPS) is 11.3. The van der Waals surface area contributed by atoms with E-state index in [9.17, 15) is 18.3 Å². The number of hydrogen-bond acceptors (Lipinski definition) is 6. The maximum absolute atomic E-state index is 12.3. The summed E-state index contributed by atoms with van der Waals surface area (Å²) in [5.41, 5.74) is 0.192. The van der Waals surface area contributed by atoms with Gasteiger partial charge < -0.3 is 5.11 Å². The average Bonchev–Trinajstić information content (AvgIpc) is 2.47. The third kappa shape index (κ3) is 3.27. The van der Waals surface area contributed by atoms with Crippen LogP contribution >= 0.6 is 0 Å². The van der Waals surface area contributed by atoms with E-state index in [1.54, 1.807) is 30.3 Å². The zero-order valence-electron chi connectivity index (χ0n) is 11.0. The van der Waals surface area contributed by atoms with Gasteiger partial charge in [-0.1, -0.05) is 30.3 Å². The fraction of sp³-hybridized carbons (Fsp3) is 0.0714. The summed E-state index contributed by atoms with van der Waals surface area (Å²) < 4.78 is 27.6. The van der Waals surface area contributed by atoms with Crippen molar-refractivity contribution in [1.82, 2.24) is 0 Å². The Labute approximate surface area is 121 Å². The Morgan fingerprint density at radius 1 is 1.10 bits per heavy atom. The van der Waals surface area contributed by atoms with Crippen LogP contribution in [0.15, 0.2) is 53.4 Å². The second-order valence-electron chi connectivity index (χ2n) is 4.06. The summed E-state index contributed by atoms with van der Waals surface area (Å²) >= 11 is 0. The summed E-state index contributed by atoms with van der Waals surface area (Å²) in [6, 6.07) is 11.5. The van der Waals surface area contributed by atoms with E-state index in [0.29, 0.717) is 5.56 Å². The minimum absolute atomic E-state index is 0.137. The number of hydrogen-bond donors (Lipinski definition) is 1. The molecule has 0 fully saturated rings. The van der Waals surface area contributed by atoms with Gasteiger partial charge in [-0.2, -0.15) is 8.42 Å². The van der Waals surface area contributed by atoms with Crippen LogP contribution in [0.3, 0.4) is 0 Å². The minimum atomic E-state index is -4.15. The van der Waals surface area contributed by atoms with Gasteiger partial charge in [-0.25, -0.2) is 4.89 Å². The van der Waals surface area contributed by atoms with Gasteiger partial charge in [-0.3, -0.25) is 4.79 Å². The quantitative estimate of drug-likeness (QED) is 0.515. The highest BCUT2D eigenvalue weighted by Crippen LogP contribution is 2.25. The van der Waals surface area contributed by atoms with Gasteiger partial charge >= 0.3 is 10.1 Å². The molecule has 6 nitrogen and oxygen atoms in total. The first-order valence-corrected chi connectivity index (χ1v) is 7.26. The van der Waals surface area contributed by atoms with E-state index in [1.807, 2.05) is 0 Å². The standard InChI is InChI=1S/C14H12O6S/c1-19-20-21(17,18)11-7-8-13(15)12(9-11)14(16)10-5-3-2-4-6-10/h2-9,15H,1H3. The molecule has 0 unspecified atom stereocenters. The van der Waals surface area contributed by atoms with E-state index in [-0.39, 0.29) is 16.2 Å². The molecule has 0 bridgehead atoms. The van der Waals surface area contributed by atoms with E-state index in [0.717, 1.165) is 25.3 Å². The average molecular weight is 308 g/mol. The predicted molar refractivity (Wildman–Crippen MR) is 73.3 cm³/mol. The van der Waals surface area contributed by atoms with E-state index in [2.05, 4.69) is 9.22 Å². The fourth-order valence-corrected chi connectivity index (χ4v) is 2.48. The molecule has 0 saturated heterocycles. The van der Waals surface area contributed by atoms with E-state index in [4.69, 9.17) is 0 Å². The van der Waals surface area contributed by atoms with Crippen molar-refractivity contribution in [1.29, 1.82) is 0 Å². The van der Waals surface area contributed by atoms with Crippen LogP contribution in [0.2, 0.25) is 0 Å². The van der Waals surface area contributed by atoms with Crippen molar-refractivity contribution in [3.8, 4) is 5.75 Å². The summed E-state index contributed by atoms with van der Waals surface area (Å²) in [7, 11) is -3.10. The topological polar surface area (TPSA) is 89.9 Å². The van der Waals surface area contributed by atoms with Gasteiger partial charge in [0.2, 0.25) is 0 Å². The molecule has 0 aliphatic carbocycles. The highest BCUT2D eigenvalue weighted by Gasteiger charge is 2.21. The van der Waals surface area contributed by atoms with Crippen molar-refractivity contribution in [3.63, 3.8) is 0 Å². The van der Waals surface area contributed by atoms with Crippen molar-refractivity contribution < 1.29 is 27.5 Å². The molecule has 0 aliphatic heterocycles. The summed E-state index contributed by atoms with van der Waals surface area (Å²) in [6.45, 7) is 0. The maximum atomic E-state index is 12.3. The molecule has 0 spiro atoms. The van der Waals surface area contributed by atoms with Gasteiger partial charge in [0.15, 0.2) is 5.78 Å². The molecule has 0 atom stereocenters. The van der Waals surface area contributed by atoms with Gasteiger partial charge in [0.1, 0.15) is 5.75 Å². The molecule has 0 saturated carbocycles. The molecule has 110 valence electrons. The van der Waals surface area contributed by atoms with Crippen LogP contribution in [-0.2, 0) is 19.3 Å². The third-order valence-corrected chi connectivity index (χ3v) is 3.84. The van der Waals surface area contributed by atoms with Crippen molar-refractivity contribution in [2.45, 2.75) is 4.90 Å². The maximum Gasteiger partial charge on any atom is 0.323 e. The SMILES string of the molecule is COOS(=O)(=O)c1ccc(O)c(C(=O)c2ccccc2)c1. The van der Waals surface area contributed by atoms with Gasteiger partial charge in [-0.05, 0) is 18.2 Å². The molecule has 21 heavy (non-hydrogen) atoms. The van der Waals surface area contributed by atoms with Gasteiger partial charge in [0, 0.05) is 5.56 Å². The van der Waals surface area contributed by atoms with Crippen LogP contribution in [0.1, 0.15) is 15.9 Å². The highest BCUT2D eigenvalue weighted by molar-refractivity contribution is 7.86. The second-order valence-corrected chi connectivity index (χ2v) is 5.58. The lowest BCUT2D eigenvalue weighted by Crippen LogP contribution is -2.08. The minimum Gasteiger partial charge on any atom is -0.507 e. The Hall–Kier alpha value is -2.22. The molecule has 0 aliphatic rings. The molecule has 7 heteroatoms. The molecule has 0 heterocycles. The second kappa shape index (κ2) is 6.04. The van der Waals surface area contributed by atoms with Crippen LogP contribution in [0.25, 0.3) is 0 Å². The summed E-state index contributed by atoms with van der Waals surface area (Å²) in [5.74, 6) is -0.817. The van der Waals surface area contributed by atoms with E-state index in [1.165, 1.54) is 0 Å². The number of aromatic hydroxyl groups is 1. The van der Waals surface area contributed by atoms with Crippen LogP contribution in [-0.4, -0.2) is 26.4 Å². The van der Waals surface area contributed by atoms with Crippen LogP contribution in [0, 0.1) is 0 Å². The monoisotopic (exact) mass is 308 g/mol. The van der Waals surface area contributed by atoms with Crippen LogP contribution in [0.4, 0.5) is 0 Å². The number of carbonyl (C=O) groups excluding carboxylic acids is 1. The molecule has 0 aromatic heterocycles. The Balaban J connectivity index is 2.48. The lowest BCUT2D eigenvalue weighted by molar-refractivity contribution is -0.172. The van der Waals surface area contributed by atoms with Crippen molar-refractivity contribution in [2.75, 3.05) is 7.11 Å². The van der Waals surface area contributed by atoms with Gasteiger partial charge in [0.25, 0.3) is 0 Å². The zero-order chi connectivity index (χ0) is 15.5. The first kappa shape index (κ1) is 15.2. The number of benzene rings is 2. The number of phenolic OH excluding ortho intramolecular Hbond substituents is 1. The van der Waals surface area contributed by atoms with Crippen LogP contribution in [0.5, 0.6) is 5.75 Å². The van der Waals surface area contributed by atoms with Gasteiger partial charge in [0.05, 0.1) is 17.6 Å². The number of rotatable bonds is 5. The molecule has 2 aromatic rings. The molecule has 1 N–H and O–H groups in total. The first-order valence-electron chi connectivity index (χ1n) is 5.86. The first-order chi connectivity index (χ1) is 9.95. The lowest BCUT2D eigenvalue weighted by atomic mass is 10.0. The van der Waals surface area contributed by atoms with Crippen molar-refractivity contribution in [3.05, 3.63) is 59.7 Å². The Kier molecular flexibility index (Phi) is 4.37. The number of ketones is 1. The lowest BCUT2D eigenvalue weighted by Gasteiger charge is -2.07. The molecule has 0 radical (unpaired) electrons. The van der Waals surface area contributed by atoms with Crippen molar-refractivity contribution >= 4 is 15.9 Å². The van der Waals surface area contributed by atoms with Crippen molar-refractivity contribution in [2.24, 2.45) is 0 Å². The Morgan fingerprint density at radius 2 is 1.76 bits per heavy atom. The zero-order valence-corrected chi connectivity index (χ0v) is 11.8. The molecule has 0 amide bonds. The largest absolute Gasteiger partial charge is 0.507 e. The Morgan fingerprint density at radius 3 is 2.38 bits per heavy atom.